The first-order valence-electron chi connectivity index (χ1n) is 8.35. The van der Waals surface area contributed by atoms with Gasteiger partial charge in [-0.05, 0) is 41.5 Å². The zero-order chi connectivity index (χ0) is 14.8. The number of thioether (sulfide) groups is 1. The van der Waals surface area contributed by atoms with Gasteiger partial charge in [0.1, 0.15) is 0 Å². The molecule has 0 aromatic rings. The fourth-order valence-corrected chi connectivity index (χ4v) is 4.15. The van der Waals surface area contributed by atoms with Gasteiger partial charge < -0.3 is 42.9 Å². The Balaban J connectivity index is -0.00000162. The maximum absolute atomic E-state index is 2.34. The Labute approximate surface area is 159 Å². The molecule has 0 N–H and O–H groups in total. The molecule has 0 bridgehead atoms. The first-order chi connectivity index (χ1) is 9.07. The number of nitrogens with zero attached hydrogens (tertiary/aromatic N) is 2. The number of hydrogen-bond acceptors (Lipinski definition) is 1. The molecular weight excluding hydrogens is 412 g/mol. The Hall–Kier alpha value is 1.23. The van der Waals surface area contributed by atoms with Crippen LogP contribution in [0.4, 0.5) is 0 Å². The quantitative estimate of drug-likeness (QED) is 0.234. The van der Waals surface area contributed by atoms with Crippen LogP contribution in [0.25, 0.3) is 0 Å². The zero-order valence-corrected chi connectivity index (χ0v) is 19.1. The lowest BCUT2D eigenvalue weighted by Crippen LogP contribution is -3.00. The minimum absolute atomic E-state index is 0. The SMILES string of the molecule is CC[N+](CC)(CC)CCSCC[N+](CC)(CC)CC.[Br-].[Br-]. The smallest absolute Gasteiger partial charge is 0.0878 e. The van der Waals surface area contributed by atoms with Crippen molar-refractivity contribution >= 4 is 11.8 Å². The van der Waals surface area contributed by atoms with Gasteiger partial charge in [-0.15, -0.1) is 0 Å². The highest BCUT2D eigenvalue weighted by Crippen LogP contribution is 2.12. The average Bonchev–Trinajstić information content (AvgIpc) is 2.48. The molecule has 0 aromatic heterocycles. The molecule has 0 fully saturated rings. The van der Waals surface area contributed by atoms with E-state index < -0.39 is 0 Å². The molecule has 5 heteroatoms. The monoisotopic (exact) mass is 448 g/mol. The molecular formula is C16H38Br2N2S. The van der Waals surface area contributed by atoms with Gasteiger partial charge in [0, 0.05) is 11.5 Å². The molecule has 0 heterocycles. The second-order valence-electron chi connectivity index (χ2n) is 5.64. The highest BCUT2D eigenvalue weighted by Gasteiger charge is 2.22. The van der Waals surface area contributed by atoms with Gasteiger partial charge >= 0.3 is 0 Å². The van der Waals surface area contributed by atoms with E-state index >= 15 is 0 Å². The molecule has 2 nitrogen and oxygen atoms in total. The van der Waals surface area contributed by atoms with Crippen molar-refractivity contribution in [3.63, 3.8) is 0 Å². The molecule has 0 amide bonds. The van der Waals surface area contributed by atoms with Gasteiger partial charge in [0.15, 0.2) is 0 Å². The molecule has 0 atom stereocenters. The maximum Gasteiger partial charge on any atom is 0.0878 e. The van der Waals surface area contributed by atoms with E-state index in [0.717, 1.165) is 0 Å². The number of rotatable bonds is 12. The van der Waals surface area contributed by atoms with Crippen LogP contribution in [0.15, 0.2) is 0 Å². The molecule has 0 unspecified atom stereocenters. The molecule has 0 aliphatic rings. The molecule has 0 aliphatic heterocycles. The van der Waals surface area contributed by atoms with Crippen LogP contribution < -0.4 is 34.0 Å². The van der Waals surface area contributed by atoms with Crippen molar-refractivity contribution in [2.75, 3.05) is 63.9 Å². The third kappa shape index (κ3) is 9.19. The van der Waals surface area contributed by atoms with Crippen LogP contribution in [0.3, 0.4) is 0 Å². The van der Waals surface area contributed by atoms with Crippen molar-refractivity contribution in [3.05, 3.63) is 0 Å². The minimum Gasteiger partial charge on any atom is -1.00 e. The summed E-state index contributed by atoms with van der Waals surface area (Å²) in [7, 11) is 0. The van der Waals surface area contributed by atoms with Crippen LogP contribution >= 0.6 is 11.8 Å². The summed E-state index contributed by atoms with van der Waals surface area (Å²) in [5.74, 6) is 2.65. The largest absolute Gasteiger partial charge is 1.00 e. The van der Waals surface area contributed by atoms with Crippen molar-refractivity contribution < 1.29 is 42.9 Å². The summed E-state index contributed by atoms with van der Waals surface area (Å²) in [5.41, 5.74) is 0. The van der Waals surface area contributed by atoms with E-state index in [4.69, 9.17) is 0 Å². The van der Waals surface area contributed by atoms with Crippen molar-refractivity contribution in [1.29, 1.82) is 0 Å². The molecule has 0 rings (SSSR count). The highest BCUT2D eigenvalue weighted by molar-refractivity contribution is 7.99. The van der Waals surface area contributed by atoms with Crippen molar-refractivity contribution in [3.8, 4) is 0 Å². The zero-order valence-electron chi connectivity index (χ0n) is 15.1. The van der Waals surface area contributed by atoms with Crippen molar-refractivity contribution in [2.45, 2.75) is 41.5 Å². The van der Waals surface area contributed by atoms with E-state index in [1.807, 2.05) is 0 Å². The van der Waals surface area contributed by atoms with Crippen LogP contribution in [-0.4, -0.2) is 72.8 Å². The predicted octanol–water partition coefficient (Wildman–Crippen LogP) is -2.52. The third-order valence-electron chi connectivity index (χ3n) is 5.44. The van der Waals surface area contributed by atoms with Gasteiger partial charge in [0.05, 0.1) is 52.4 Å². The first kappa shape index (κ1) is 27.1. The molecule has 21 heavy (non-hydrogen) atoms. The fourth-order valence-electron chi connectivity index (χ4n) is 2.91. The Morgan fingerprint density at radius 1 is 0.524 bits per heavy atom. The maximum atomic E-state index is 2.34. The molecule has 0 saturated carbocycles. The van der Waals surface area contributed by atoms with Gasteiger partial charge in [0.25, 0.3) is 0 Å². The normalized spacial score (nSPS) is 11.7. The molecule has 0 saturated heterocycles. The summed E-state index contributed by atoms with van der Waals surface area (Å²) in [4.78, 5) is 0. The van der Waals surface area contributed by atoms with E-state index in [2.05, 4.69) is 53.3 Å². The topological polar surface area (TPSA) is 0 Å². The number of quaternary nitrogens is 2. The molecule has 0 spiro atoms. The van der Waals surface area contributed by atoms with Gasteiger partial charge in [0.2, 0.25) is 0 Å². The molecule has 132 valence electrons. The van der Waals surface area contributed by atoms with Crippen molar-refractivity contribution in [1.82, 2.24) is 0 Å². The van der Waals surface area contributed by atoms with Crippen LogP contribution in [0.2, 0.25) is 0 Å². The molecule has 0 aromatic carbocycles. The summed E-state index contributed by atoms with van der Waals surface area (Å²) in [6.07, 6.45) is 0. The summed E-state index contributed by atoms with van der Waals surface area (Å²) < 4.78 is 2.59. The van der Waals surface area contributed by atoms with Gasteiger partial charge in [-0.2, -0.15) is 11.8 Å². The van der Waals surface area contributed by atoms with E-state index in [9.17, 15) is 0 Å². The Bertz CT molecular complexity index is 182. The second-order valence-corrected chi connectivity index (χ2v) is 6.86. The van der Waals surface area contributed by atoms with E-state index in [-0.39, 0.29) is 34.0 Å². The van der Waals surface area contributed by atoms with E-state index in [1.54, 1.807) is 0 Å². The lowest BCUT2D eigenvalue weighted by molar-refractivity contribution is -0.921. The van der Waals surface area contributed by atoms with Crippen LogP contribution in [0.5, 0.6) is 0 Å². The van der Waals surface area contributed by atoms with Crippen LogP contribution in [0, 0.1) is 0 Å². The lowest BCUT2D eigenvalue weighted by Gasteiger charge is -2.37. The first-order valence-corrected chi connectivity index (χ1v) is 9.50. The van der Waals surface area contributed by atoms with E-state index in [0.29, 0.717) is 0 Å². The summed E-state index contributed by atoms with van der Waals surface area (Å²) in [6.45, 7) is 24.4. The third-order valence-corrected chi connectivity index (χ3v) is 6.39. The van der Waals surface area contributed by atoms with Gasteiger partial charge in [-0.1, -0.05) is 0 Å². The lowest BCUT2D eigenvalue weighted by atomic mass is 10.3. The Morgan fingerprint density at radius 2 is 0.762 bits per heavy atom. The summed E-state index contributed by atoms with van der Waals surface area (Å²) in [6, 6.07) is 0. The minimum atomic E-state index is 0. The van der Waals surface area contributed by atoms with Gasteiger partial charge in [-0.3, -0.25) is 0 Å². The summed E-state index contributed by atoms with van der Waals surface area (Å²) >= 11 is 2.17. The average molecular weight is 450 g/mol. The molecule has 0 aliphatic carbocycles. The highest BCUT2D eigenvalue weighted by atomic mass is 79.9. The summed E-state index contributed by atoms with van der Waals surface area (Å²) in [5, 5.41) is 0. The number of halogens is 2. The van der Waals surface area contributed by atoms with Crippen LogP contribution in [0.1, 0.15) is 41.5 Å². The predicted molar refractivity (Wildman–Crippen MR) is 90.8 cm³/mol. The standard InChI is InChI=1S/C16H38N2S.2BrH/c1-7-17(8-2,9-3)13-15-19-16-14-18(10-4,11-5)12-6;;/h7-16H2,1-6H3;2*1H/q+2;;/p-2. The Kier molecular flexibility index (Phi) is 19.1. The fraction of sp³-hybridized carbons (Fsp3) is 1.00. The Morgan fingerprint density at radius 3 is 0.952 bits per heavy atom. The number of hydrogen-bond donors (Lipinski definition) is 0. The van der Waals surface area contributed by atoms with Crippen molar-refractivity contribution in [2.24, 2.45) is 0 Å². The van der Waals surface area contributed by atoms with E-state index in [1.165, 1.54) is 72.8 Å². The second kappa shape index (κ2) is 14.8. The van der Waals surface area contributed by atoms with Gasteiger partial charge in [-0.25, -0.2) is 0 Å². The van der Waals surface area contributed by atoms with Crippen LogP contribution in [-0.2, 0) is 0 Å². The molecule has 0 radical (unpaired) electrons.